The molecule has 0 rings (SSSR count). The highest BCUT2D eigenvalue weighted by molar-refractivity contribution is 7.87. The number of hydrogen-bond acceptors (Lipinski definition) is 6. The second kappa shape index (κ2) is 8.18. The molecule has 1 atom stereocenters. The van der Waals surface area contributed by atoms with Gasteiger partial charge in [-0.3, -0.25) is 9.59 Å². The average Bonchev–Trinajstić information content (AvgIpc) is 2.40. The number of esters is 2. The van der Waals surface area contributed by atoms with Crippen molar-refractivity contribution in [1.29, 1.82) is 0 Å². The van der Waals surface area contributed by atoms with E-state index < -0.39 is 28.2 Å². The number of carbonyl (C=O) groups excluding carboxylic acids is 2. The Kier molecular flexibility index (Phi) is 7.69. The van der Waals surface area contributed by atoms with Crippen molar-refractivity contribution in [2.75, 3.05) is 27.8 Å². The van der Waals surface area contributed by atoms with Gasteiger partial charge in [-0.25, -0.2) is 0 Å². The van der Waals surface area contributed by atoms with Crippen molar-refractivity contribution in [3.8, 4) is 0 Å². The first-order chi connectivity index (χ1) is 9.15. The predicted molar refractivity (Wildman–Crippen MR) is 72.0 cm³/mol. The van der Waals surface area contributed by atoms with Crippen LogP contribution < -0.4 is 4.72 Å². The molecule has 0 saturated carbocycles. The van der Waals surface area contributed by atoms with E-state index in [0.29, 0.717) is 0 Å². The summed E-state index contributed by atoms with van der Waals surface area (Å²) in [6, 6.07) is -0.981. The second-order valence-corrected chi connectivity index (χ2v) is 6.32. The van der Waals surface area contributed by atoms with Gasteiger partial charge in [0.2, 0.25) is 0 Å². The topological polar surface area (TPSA) is 102 Å². The molecule has 8 nitrogen and oxygen atoms in total. The Labute approximate surface area is 119 Å². The number of carbonyl (C=O) groups is 2. The van der Waals surface area contributed by atoms with E-state index in [9.17, 15) is 18.0 Å². The zero-order valence-electron chi connectivity index (χ0n) is 12.4. The number of methoxy groups -OCH3 is 2. The zero-order valence-corrected chi connectivity index (χ0v) is 13.2. The van der Waals surface area contributed by atoms with Gasteiger partial charge in [-0.1, -0.05) is 13.8 Å². The van der Waals surface area contributed by atoms with Gasteiger partial charge < -0.3 is 9.47 Å². The normalized spacial score (nSPS) is 13.3. The molecule has 0 fully saturated rings. The minimum Gasteiger partial charge on any atom is -0.469 e. The van der Waals surface area contributed by atoms with E-state index in [-0.39, 0.29) is 18.9 Å². The highest BCUT2D eigenvalue weighted by Gasteiger charge is 2.30. The Morgan fingerprint density at radius 3 is 2.15 bits per heavy atom. The van der Waals surface area contributed by atoms with Crippen molar-refractivity contribution in [2.24, 2.45) is 5.92 Å². The molecule has 20 heavy (non-hydrogen) atoms. The van der Waals surface area contributed by atoms with Crippen molar-refractivity contribution < 1.29 is 27.5 Å². The fourth-order valence-corrected chi connectivity index (χ4v) is 2.51. The van der Waals surface area contributed by atoms with Gasteiger partial charge in [0, 0.05) is 13.6 Å². The minimum atomic E-state index is -3.89. The van der Waals surface area contributed by atoms with Crippen molar-refractivity contribution in [3.05, 3.63) is 0 Å². The summed E-state index contributed by atoms with van der Waals surface area (Å²) in [7, 11) is -0.172. The second-order valence-electron chi connectivity index (χ2n) is 4.52. The van der Waals surface area contributed by atoms with E-state index in [1.54, 1.807) is 13.8 Å². The summed E-state index contributed by atoms with van der Waals surface area (Å²) in [5.41, 5.74) is 0. The van der Waals surface area contributed by atoms with Gasteiger partial charge in [-0.05, 0) is 5.92 Å². The molecule has 1 unspecified atom stereocenters. The summed E-state index contributed by atoms with van der Waals surface area (Å²) in [5.74, 6) is -1.45. The summed E-state index contributed by atoms with van der Waals surface area (Å²) in [5, 5.41) is 0. The van der Waals surface area contributed by atoms with Gasteiger partial charge in [-0.2, -0.15) is 17.4 Å². The summed E-state index contributed by atoms with van der Waals surface area (Å²) in [6.45, 7) is 3.34. The van der Waals surface area contributed by atoms with E-state index in [4.69, 9.17) is 0 Å². The van der Waals surface area contributed by atoms with Gasteiger partial charge in [0.05, 0.1) is 20.6 Å². The maximum Gasteiger partial charge on any atom is 0.324 e. The summed E-state index contributed by atoms with van der Waals surface area (Å²) >= 11 is 0. The van der Waals surface area contributed by atoms with Crippen molar-refractivity contribution in [2.45, 2.75) is 26.3 Å². The van der Waals surface area contributed by atoms with Gasteiger partial charge >= 0.3 is 11.9 Å². The van der Waals surface area contributed by atoms with E-state index in [2.05, 4.69) is 14.2 Å². The third-order valence-corrected chi connectivity index (χ3v) is 4.22. The van der Waals surface area contributed by atoms with E-state index in [0.717, 1.165) is 4.31 Å². The first kappa shape index (κ1) is 18.8. The van der Waals surface area contributed by atoms with Crippen LogP contribution in [0.4, 0.5) is 0 Å². The predicted octanol–water partition coefficient (Wildman–Crippen LogP) is -0.487. The van der Waals surface area contributed by atoms with Crippen LogP contribution in [0.15, 0.2) is 0 Å². The van der Waals surface area contributed by atoms with Crippen LogP contribution in [0.25, 0.3) is 0 Å². The third-order valence-electron chi connectivity index (χ3n) is 2.67. The zero-order chi connectivity index (χ0) is 15.9. The molecule has 0 saturated heterocycles. The molecular weight excluding hydrogens is 288 g/mol. The maximum atomic E-state index is 12.0. The molecule has 0 aromatic rings. The average molecular weight is 310 g/mol. The first-order valence-corrected chi connectivity index (χ1v) is 7.48. The molecule has 0 aliphatic rings. The molecule has 0 aliphatic carbocycles. The lowest BCUT2D eigenvalue weighted by Gasteiger charge is -2.23. The molecule has 0 aromatic carbocycles. The Bertz CT molecular complexity index is 434. The quantitative estimate of drug-likeness (QED) is 0.607. The van der Waals surface area contributed by atoms with Gasteiger partial charge in [0.15, 0.2) is 0 Å². The lowest BCUT2D eigenvalue weighted by Crippen LogP contribution is -2.50. The number of hydrogen-bond donors (Lipinski definition) is 1. The molecule has 0 aromatic heterocycles. The maximum absolute atomic E-state index is 12.0. The third kappa shape index (κ3) is 5.85. The number of nitrogens with one attached hydrogen (secondary N) is 1. The molecule has 1 N–H and O–H groups in total. The molecule has 0 aliphatic heterocycles. The van der Waals surface area contributed by atoms with E-state index >= 15 is 0 Å². The first-order valence-electron chi connectivity index (χ1n) is 6.04. The largest absolute Gasteiger partial charge is 0.469 e. The monoisotopic (exact) mass is 310 g/mol. The van der Waals surface area contributed by atoms with Crippen molar-refractivity contribution in [3.63, 3.8) is 0 Å². The molecule has 0 radical (unpaired) electrons. The molecule has 0 bridgehead atoms. The fourth-order valence-electron chi connectivity index (χ4n) is 1.30. The molecule has 9 heteroatoms. The molecule has 118 valence electrons. The summed E-state index contributed by atoms with van der Waals surface area (Å²) in [4.78, 5) is 22.5. The van der Waals surface area contributed by atoms with Crippen LogP contribution in [0.3, 0.4) is 0 Å². The minimum absolute atomic E-state index is 0.0476. The highest BCUT2D eigenvalue weighted by atomic mass is 32.2. The van der Waals surface area contributed by atoms with Gasteiger partial charge in [-0.15, -0.1) is 0 Å². The SMILES string of the molecule is COC(=O)CCN(C)S(=O)(=O)NC(C(=O)OC)C(C)C. The highest BCUT2D eigenvalue weighted by Crippen LogP contribution is 2.07. The molecule has 0 amide bonds. The van der Waals surface area contributed by atoms with Crippen molar-refractivity contribution >= 4 is 22.1 Å². The van der Waals surface area contributed by atoms with E-state index in [1.165, 1.54) is 21.3 Å². The fraction of sp³-hybridized carbons (Fsp3) is 0.818. The van der Waals surface area contributed by atoms with Crippen LogP contribution in [-0.4, -0.2) is 58.5 Å². The van der Waals surface area contributed by atoms with Crippen LogP contribution in [0, 0.1) is 5.92 Å². The van der Waals surface area contributed by atoms with Crippen LogP contribution in [-0.2, 0) is 29.3 Å². The Balaban J connectivity index is 4.77. The molecule has 0 heterocycles. The van der Waals surface area contributed by atoms with Crippen LogP contribution in [0.1, 0.15) is 20.3 Å². The standard InChI is InChI=1S/C11H22N2O6S/c1-8(2)10(11(15)19-5)12-20(16,17)13(3)7-6-9(14)18-4/h8,10,12H,6-7H2,1-5H3. The molecular formula is C11H22N2O6S. The Morgan fingerprint density at radius 2 is 1.75 bits per heavy atom. The lowest BCUT2D eigenvalue weighted by molar-refractivity contribution is -0.144. The number of nitrogens with zero attached hydrogens (tertiary/aromatic N) is 1. The van der Waals surface area contributed by atoms with Gasteiger partial charge in [0.1, 0.15) is 6.04 Å². The van der Waals surface area contributed by atoms with Gasteiger partial charge in [0.25, 0.3) is 10.2 Å². The lowest BCUT2D eigenvalue weighted by atomic mass is 10.1. The number of ether oxygens (including phenoxy) is 2. The van der Waals surface area contributed by atoms with Crippen LogP contribution in [0.5, 0.6) is 0 Å². The van der Waals surface area contributed by atoms with E-state index in [1.807, 2.05) is 0 Å². The summed E-state index contributed by atoms with van der Waals surface area (Å²) < 4.78 is 36.2. The van der Waals surface area contributed by atoms with Crippen LogP contribution in [0.2, 0.25) is 0 Å². The smallest absolute Gasteiger partial charge is 0.324 e. The Hall–Kier alpha value is -1.19. The Morgan fingerprint density at radius 1 is 1.20 bits per heavy atom. The summed E-state index contributed by atoms with van der Waals surface area (Å²) in [6.07, 6.45) is -0.0710. The van der Waals surface area contributed by atoms with Crippen molar-refractivity contribution in [1.82, 2.24) is 9.03 Å². The van der Waals surface area contributed by atoms with Crippen LogP contribution >= 0.6 is 0 Å². The number of rotatable bonds is 8. The molecule has 0 spiro atoms.